The van der Waals surface area contributed by atoms with E-state index in [0.717, 1.165) is 37.9 Å². The Morgan fingerprint density at radius 1 is 1.19 bits per heavy atom. The Bertz CT molecular complexity index is 1140. The molecule has 2 atom stereocenters. The van der Waals surface area contributed by atoms with Crippen molar-refractivity contribution in [2.75, 3.05) is 13.1 Å². The molecule has 1 saturated heterocycles. The number of aromatic nitrogens is 2. The number of aromatic amines is 1. The molecule has 1 saturated carbocycles. The van der Waals surface area contributed by atoms with E-state index in [1.165, 1.54) is 46.3 Å². The van der Waals surface area contributed by atoms with E-state index < -0.39 is 0 Å². The van der Waals surface area contributed by atoms with Crippen molar-refractivity contribution in [3.63, 3.8) is 0 Å². The molecule has 1 aliphatic carbocycles. The quantitative estimate of drug-likeness (QED) is 0.597. The zero-order valence-electron chi connectivity index (χ0n) is 19.1. The summed E-state index contributed by atoms with van der Waals surface area (Å²) in [7, 11) is 0. The van der Waals surface area contributed by atoms with E-state index in [2.05, 4.69) is 65.5 Å². The third kappa shape index (κ3) is 3.30. The first-order chi connectivity index (χ1) is 15.6. The van der Waals surface area contributed by atoms with Crippen LogP contribution in [0.2, 0.25) is 0 Å². The maximum atomic E-state index is 6.14. The zero-order chi connectivity index (χ0) is 21.8. The molecule has 5 heteroatoms. The molecule has 0 amide bonds. The van der Waals surface area contributed by atoms with E-state index in [9.17, 15) is 0 Å². The van der Waals surface area contributed by atoms with Crippen molar-refractivity contribution >= 4 is 10.9 Å². The number of H-pyrrole nitrogens is 1. The first kappa shape index (κ1) is 19.9. The van der Waals surface area contributed by atoms with E-state index >= 15 is 0 Å². The van der Waals surface area contributed by atoms with Crippen LogP contribution in [0.1, 0.15) is 56.0 Å². The predicted octanol–water partition coefficient (Wildman–Crippen LogP) is 5.05. The minimum absolute atomic E-state index is 0.0872. The summed E-state index contributed by atoms with van der Waals surface area (Å²) in [5.74, 6) is 0.732. The number of hydrogen-bond donors (Lipinski definition) is 1. The number of ether oxygens (including phenoxy) is 1. The molecule has 3 aliphatic rings. The van der Waals surface area contributed by atoms with Gasteiger partial charge in [-0.15, -0.1) is 0 Å². The van der Waals surface area contributed by atoms with Gasteiger partial charge < -0.3 is 14.6 Å². The number of fused-ring (bicyclic) bond motifs is 3. The third-order valence-electron chi connectivity index (χ3n) is 7.45. The molecule has 166 valence electrons. The van der Waals surface area contributed by atoms with Gasteiger partial charge in [0.2, 0.25) is 5.88 Å². The summed E-state index contributed by atoms with van der Waals surface area (Å²) in [4.78, 5) is 13.5. The lowest BCUT2D eigenvalue weighted by Gasteiger charge is -2.43. The molecule has 5 nitrogen and oxygen atoms in total. The fourth-order valence-electron chi connectivity index (χ4n) is 5.54. The molecule has 1 N–H and O–H groups in total. The molecule has 0 unspecified atom stereocenters. The minimum Gasteiger partial charge on any atom is -0.472 e. The lowest BCUT2D eigenvalue weighted by molar-refractivity contribution is 0.0115. The Labute approximate surface area is 190 Å². The van der Waals surface area contributed by atoms with Gasteiger partial charge in [0, 0.05) is 59.7 Å². The van der Waals surface area contributed by atoms with Crippen molar-refractivity contribution in [1.82, 2.24) is 19.8 Å². The number of rotatable bonds is 6. The van der Waals surface area contributed by atoms with Crippen LogP contribution in [-0.4, -0.2) is 51.0 Å². The van der Waals surface area contributed by atoms with Crippen LogP contribution in [-0.2, 0) is 6.42 Å². The van der Waals surface area contributed by atoms with Crippen LogP contribution < -0.4 is 4.74 Å². The zero-order valence-corrected chi connectivity index (χ0v) is 19.1. The fourth-order valence-corrected chi connectivity index (χ4v) is 5.54. The van der Waals surface area contributed by atoms with Crippen LogP contribution in [0.3, 0.4) is 0 Å². The van der Waals surface area contributed by atoms with Crippen LogP contribution in [0.15, 0.2) is 54.9 Å². The number of allylic oxidation sites excluding steroid dienone is 1. The highest BCUT2D eigenvalue weighted by atomic mass is 16.5. The lowest BCUT2D eigenvalue weighted by atomic mass is 9.88. The molecular weight excluding hydrogens is 396 g/mol. The van der Waals surface area contributed by atoms with Crippen molar-refractivity contribution in [2.24, 2.45) is 0 Å². The van der Waals surface area contributed by atoms with Crippen LogP contribution >= 0.6 is 0 Å². The first-order valence-corrected chi connectivity index (χ1v) is 12.0. The third-order valence-corrected chi connectivity index (χ3v) is 7.45. The number of benzene rings is 1. The summed E-state index contributed by atoms with van der Waals surface area (Å²) < 4.78 is 6.14. The molecule has 3 aromatic rings. The lowest BCUT2D eigenvalue weighted by Crippen LogP contribution is -2.54. The molecule has 2 aliphatic heterocycles. The van der Waals surface area contributed by atoms with Gasteiger partial charge in [-0.2, -0.15) is 0 Å². The van der Waals surface area contributed by atoms with E-state index in [0.29, 0.717) is 6.04 Å². The molecule has 2 fully saturated rings. The second-order valence-corrected chi connectivity index (χ2v) is 9.70. The predicted molar refractivity (Wildman–Crippen MR) is 128 cm³/mol. The monoisotopic (exact) mass is 428 g/mol. The summed E-state index contributed by atoms with van der Waals surface area (Å²) >= 11 is 0. The van der Waals surface area contributed by atoms with Gasteiger partial charge in [-0.05, 0) is 55.9 Å². The van der Waals surface area contributed by atoms with Gasteiger partial charge in [0.15, 0.2) is 0 Å². The molecule has 1 aromatic carbocycles. The summed E-state index contributed by atoms with van der Waals surface area (Å²) in [5, 5.41) is 1.33. The van der Waals surface area contributed by atoms with E-state index in [1.54, 1.807) is 0 Å². The molecular formula is C27H32N4O. The van der Waals surface area contributed by atoms with Gasteiger partial charge in [0.05, 0.1) is 6.04 Å². The molecule has 0 bridgehead atoms. The van der Waals surface area contributed by atoms with Crippen LogP contribution in [0.5, 0.6) is 5.88 Å². The number of pyridine rings is 1. The highest BCUT2D eigenvalue weighted by Gasteiger charge is 2.39. The molecule has 2 aromatic heterocycles. The normalized spacial score (nSPS) is 23.8. The van der Waals surface area contributed by atoms with E-state index in [4.69, 9.17) is 9.72 Å². The van der Waals surface area contributed by atoms with Crippen molar-refractivity contribution in [3.05, 3.63) is 71.7 Å². The smallest absolute Gasteiger partial charge is 0.213 e. The van der Waals surface area contributed by atoms with Crippen LogP contribution in [0, 0.1) is 0 Å². The maximum absolute atomic E-state index is 6.14. The highest BCUT2D eigenvalue weighted by molar-refractivity contribution is 5.85. The minimum atomic E-state index is 0.0872. The van der Waals surface area contributed by atoms with Gasteiger partial charge in [-0.25, -0.2) is 4.98 Å². The molecule has 0 spiro atoms. The second kappa shape index (κ2) is 7.66. The van der Waals surface area contributed by atoms with Crippen molar-refractivity contribution < 1.29 is 4.74 Å². The van der Waals surface area contributed by atoms with Crippen molar-refractivity contribution in [1.29, 1.82) is 0 Å². The summed E-state index contributed by atoms with van der Waals surface area (Å²) in [6, 6.07) is 14.2. The number of para-hydroxylation sites is 1. The average Bonchev–Trinajstić information content (AvgIpc) is 3.55. The van der Waals surface area contributed by atoms with Gasteiger partial charge >= 0.3 is 0 Å². The van der Waals surface area contributed by atoms with Gasteiger partial charge in [0.25, 0.3) is 0 Å². The second-order valence-electron chi connectivity index (χ2n) is 9.70. The number of nitrogens with zero attached hydrogens (tertiary/aromatic N) is 3. The Kier molecular flexibility index (Phi) is 4.76. The van der Waals surface area contributed by atoms with Crippen molar-refractivity contribution in [3.8, 4) is 5.88 Å². The summed E-state index contributed by atoms with van der Waals surface area (Å²) in [5.41, 5.74) is 6.25. The highest BCUT2D eigenvalue weighted by Crippen LogP contribution is 2.43. The van der Waals surface area contributed by atoms with Gasteiger partial charge in [-0.3, -0.25) is 4.90 Å². The van der Waals surface area contributed by atoms with Gasteiger partial charge in [-0.1, -0.05) is 31.7 Å². The standard InChI is InChI=1S/C27H32N4O/c1-4-17(2)31-18(3)13-23-22-7-5-6-8-24(22)29-26(23)27(31)19-9-12-25(28-14-19)32-21-15-30(16-21)20-10-11-20/h5-9,12,14,18,20-21,27,29H,2,4,10-11,13,15-16H2,1,3H3/t18-,27-/m1/s1. The topological polar surface area (TPSA) is 44.4 Å². The number of hydrogen-bond acceptors (Lipinski definition) is 4. The number of likely N-dealkylation sites (tertiary alicyclic amines) is 1. The largest absolute Gasteiger partial charge is 0.472 e. The van der Waals surface area contributed by atoms with E-state index in [-0.39, 0.29) is 12.1 Å². The Balaban J connectivity index is 1.31. The van der Waals surface area contributed by atoms with Crippen molar-refractivity contribution in [2.45, 2.75) is 63.8 Å². The van der Waals surface area contributed by atoms with Crippen LogP contribution in [0.4, 0.5) is 0 Å². The SMILES string of the molecule is C=C(CC)N1[C@H](c2ccc(OC3CN(C4CC4)C3)nc2)c2[nH]c3ccccc3c2C[C@H]1C. The Morgan fingerprint density at radius 2 is 2.00 bits per heavy atom. The Hall–Kier alpha value is -2.79. The van der Waals surface area contributed by atoms with Crippen LogP contribution in [0.25, 0.3) is 10.9 Å². The molecule has 6 rings (SSSR count). The maximum Gasteiger partial charge on any atom is 0.213 e. The summed E-state index contributed by atoms with van der Waals surface area (Å²) in [6.45, 7) is 11.0. The van der Waals surface area contributed by atoms with E-state index in [1.807, 2.05) is 12.3 Å². The average molecular weight is 429 g/mol. The number of nitrogens with one attached hydrogen (secondary N) is 1. The van der Waals surface area contributed by atoms with Gasteiger partial charge in [0.1, 0.15) is 6.10 Å². The Morgan fingerprint density at radius 3 is 2.72 bits per heavy atom. The molecule has 4 heterocycles. The first-order valence-electron chi connectivity index (χ1n) is 12.0. The summed E-state index contributed by atoms with van der Waals surface area (Å²) in [6.07, 6.45) is 6.94. The molecule has 32 heavy (non-hydrogen) atoms. The molecule has 0 radical (unpaired) electrons. The fraction of sp³-hybridized carbons (Fsp3) is 0.444.